The zero-order valence-electron chi connectivity index (χ0n) is 8.40. The number of thiazole rings is 1. The number of thioether (sulfide) groups is 1. The molecule has 1 aromatic carbocycles. The zero-order chi connectivity index (χ0) is 12.3. The number of rotatable bonds is 4. The molecule has 0 aliphatic rings. The number of azide groups is 1. The summed E-state index contributed by atoms with van der Waals surface area (Å²) in [7, 11) is 0. The van der Waals surface area contributed by atoms with Crippen molar-refractivity contribution in [3.63, 3.8) is 0 Å². The Balaban J connectivity index is 2.30. The first kappa shape index (κ1) is 11.7. The van der Waals surface area contributed by atoms with Crippen molar-refractivity contribution in [3.05, 3.63) is 28.6 Å². The van der Waals surface area contributed by atoms with E-state index in [1.165, 1.54) is 23.1 Å². The van der Waals surface area contributed by atoms with E-state index in [4.69, 9.17) is 10.6 Å². The Morgan fingerprint density at radius 1 is 1.65 bits per heavy atom. The lowest BCUT2D eigenvalue weighted by molar-refractivity contribution is -0.133. The lowest BCUT2D eigenvalue weighted by Crippen LogP contribution is -1.96. The van der Waals surface area contributed by atoms with E-state index >= 15 is 0 Å². The van der Waals surface area contributed by atoms with Crippen LogP contribution < -0.4 is 0 Å². The van der Waals surface area contributed by atoms with Crippen LogP contribution in [0.15, 0.2) is 27.7 Å². The topological polar surface area (TPSA) is 99.0 Å². The maximum Gasteiger partial charge on any atom is 0.313 e. The largest absolute Gasteiger partial charge is 0.481 e. The van der Waals surface area contributed by atoms with Gasteiger partial charge in [-0.2, -0.15) is 0 Å². The van der Waals surface area contributed by atoms with Crippen molar-refractivity contribution in [2.75, 3.05) is 5.75 Å². The molecule has 0 fully saturated rings. The number of hydrogen-bond donors (Lipinski definition) is 1. The minimum absolute atomic E-state index is 0.0109. The molecule has 0 aliphatic carbocycles. The lowest BCUT2D eigenvalue weighted by atomic mass is 10.3. The van der Waals surface area contributed by atoms with Crippen LogP contribution in [0.1, 0.15) is 0 Å². The molecule has 0 radical (unpaired) electrons. The summed E-state index contributed by atoms with van der Waals surface area (Å²) < 4.78 is 1.57. The van der Waals surface area contributed by atoms with Crippen LogP contribution in [0, 0.1) is 0 Å². The van der Waals surface area contributed by atoms with Gasteiger partial charge in [0, 0.05) is 10.6 Å². The average Bonchev–Trinajstić information content (AvgIpc) is 2.69. The SMILES string of the molecule is [N-]=[N+]=Nc1ccc2nc(SCC(=O)O)sc2c1. The molecule has 0 atom stereocenters. The van der Waals surface area contributed by atoms with Gasteiger partial charge in [0.25, 0.3) is 0 Å². The number of benzene rings is 1. The lowest BCUT2D eigenvalue weighted by Gasteiger charge is -1.88. The number of fused-ring (bicyclic) bond motifs is 1. The van der Waals surface area contributed by atoms with Crippen molar-refractivity contribution >= 4 is 45.0 Å². The number of aliphatic carboxylic acids is 1. The molecule has 2 aromatic rings. The van der Waals surface area contributed by atoms with Crippen LogP contribution in [0.4, 0.5) is 5.69 Å². The van der Waals surface area contributed by atoms with E-state index in [1.807, 2.05) is 0 Å². The maximum absolute atomic E-state index is 10.4. The zero-order valence-corrected chi connectivity index (χ0v) is 10.0. The first-order valence-corrected chi connectivity index (χ1v) is 6.29. The van der Waals surface area contributed by atoms with E-state index in [1.54, 1.807) is 18.2 Å². The van der Waals surface area contributed by atoms with E-state index in [-0.39, 0.29) is 5.75 Å². The minimum atomic E-state index is -0.871. The number of hydrogen-bond acceptors (Lipinski definition) is 5. The van der Waals surface area contributed by atoms with Crippen LogP contribution in [0.2, 0.25) is 0 Å². The molecule has 8 heteroatoms. The monoisotopic (exact) mass is 266 g/mol. The summed E-state index contributed by atoms with van der Waals surface area (Å²) in [5.74, 6) is -0.882. The number of aromatic nitrogens is 1. The summed E-state index contributed by atoms with van der Waals surface area (Å²) in [6.45, 7) is 0. The molecule has 0 bridgehead atoms. The van der Waals surface area contributed by atoms with E-state index in [9.17, 15) is 4.79 Å². The second kappa shape index (κ2) is 5.05. The standard InChI is InChI=1S/C9H6N4O2S2/c10-13-12-5-1-2-6-7(3-5)17-9(11-6)16-4-8(14)15/h1-3H,4H2,(H,14,15). The van der Waals surface area contributed by atoms with Crippen molar-refractivity contribution in [1.82, 2.24) is 4.98 Å². The van der Waals surface area contributed by atoms with E-state index < -0.39 is 5.97 Å². The molecule has 0 unspecified atom stereocenters. The van der Waals surface area contributed by atoms with Crippen LogP contribution in [0.3, 0.4) is 0 Å². The highest BCUT2D eigenvalue weighted by molar-refractivity contribution is 8.01. The first-order valence-electron chi connectivity index (χ1n) is 4.49. The van der Waals surface area contributed by atoms with Crippen LogP contribution in [-0.2, 0) is 4.79 Å². The predicted molar refractivity (Wildman–Crippen MR) is 66.8 cm³/mol. The van der Waals surface area contributed by atoms with Gasteiger partial charge in [0.15, 0.2) is 4.34 Å². The van der Waals surface area contributed by atoms with Gasteiger partial charge in [0.1, 0.15) is 0 Å². The molecule has 0 amide bonds. The Morgan fingerprint density at radius 2 is 2.47 bits per heavy atom. The smallest absolute Gasteiger partial charge is 0.313 e. The highest BCUT2D eigenvalue weighted by Gasteiger charge is 2.06. The van der Waals surface area contributed by atoms with Gasteiger partial charge in [-0.05, 0) is 17.7 Å². The Labute approximate surface area is 104 Å². The number of carboxylic acids is 1. The predicted octanol–water partition coefficient (Wildman–Crippen LogP) is 3.41. The Morgan fingerprint density at radius 3 is 3.18 bits per heavy atom. The van der Waals surface area contributed by atoms with Crippen LogP contribution >= 0.6 is 23.1 Å². The van der Waals surface area contributed by atoms with Crippen molar-refractivity contribution in [2.24, 2.45) is 5.11 Å². The first-order chi connectivity index (χ1) is 8.19. The third-order valence-electron chi connectivity index (χ3n) is 1.83. The molecule has 86 valence electrons. The molecule has 0 saturated carbocycles. The molecule has 0 aliphatic heterocycles. The fourth-order valence-corrected chi connectivity index (χ4v) is 3.01. The van der Waals surface area contributed by atoms with E-state index in [0.717, 1.165) is 10.2 Å². The van der Waals surface area contributed by atoms with Crippen molar-refractivity contribution < 1.29 is 9.90 Å². The fraction of sp³-hybridized carbons (Fsp3) is 0.111. The summed E-state index contributed by atoms with van der Waals surface area (Å²) in [5, 5.41) is 12.1. The summed E-state index contributed by atoms with van der Waals surface area (Å²) in [6, 6.07) is 5.16. The summed E-state index contributed by atoms with van der Waals surface area (Å²) in [4.78, 5) is 17.4. The highest BCUT2D eigenvalue weighted by Crippen LogP contribution is 2.31. The molecule has 17 heavy (non-hydrogen) atoms. The third-order valence-corrected chi connectivity index (χ3v) is 3.98. The quantitative estimate of drug-likeness (QED) is 0.396. The molecule has 6 nitrogen and oxygen atoms in total. The van der Waals surface area contributed by atoms with Gasteiger partial charge in [-0.15, -0.1) is 11.3 Å². The van der Waals surface area contributed by atoms with Crippen molar-refractivity contribution in [1.29, 1.82) is 0 Å². The van der Waals surface area contributed by atoms with E-state index in [0.29, 0.717) is 10.0 Å². The minimum Gasteiger partial charge on any atom is -0.481 e. The molecule has 1 heterocycles. The summed E-state index contributed by atoms with van der Waals surface area (Å²) in [6.07, 6.45) is 0. The molecule has 0 spiro atoms. The van der Waals surface area contributed by atoms with Gasteiger partial charge in [0.2, 0.25) is 0 Å². The van der Waals surface area contributed by atoms with Crippen molar-refractivity contribution in [3.8, 4) is 0 Å². The van der Waals surface area contributed by atoms with Crippen LogP contribution in [0.5, 0.6) is 0 Å². The Bertz CT molecular complexity index is 618. The van der Waals surface area contributed by atoms with Crippen molar-refractivity contribution in [2.45, 2.75) is 4.34 Å². The second-order valence-corrected chi connectivity index (χ2v) is 5.26. The number of carbonyl (C=O) groups is 1. The summed E-state index contributed by atoms with van der Waals surface area (Å²) >= 11 is 2.56. The Kier molecular flexibility index (Phi) is 3.48. The van der Waals surface area contributed by atoms with Gasteiger partial charge in [-0.25, -0.2) is 4.98 Å². The number of carboxylic acid groups (broad SMARTS) is 1. The van der Waals surface area contributed by atoms with Gasteiger partial charge < -0.3 is 5.11 Å². The van der Waals surface area contributed by atoms with Gasteiger partial charge in [0.05, 0.1) is 16.0 Å². The second-order valence-electron chi connectivity index (χ2n) is 3.00. The molecule has 1 aromatic heterocycles. The van der Waals surface area contributed by atoms with Crippen LogP contribution in [-0.4, -0.2) is 21.8 Å². The van der Waals surface area contributed by atoms with E-state index in [2.05, 4.69) is 15.0 Å². The molecule has 0 saturated heterocycles. The van der Waals surface area contributed by atoms with Gasteiger partial charge in [-0.1, -0.05) is 22.9 Å². The van der Waals surface area contributed by atoms with Gasteiger partial charge >= 0.3 is 5.97 Å². The third kappa shape index (κ3) is 2.88. The normalized spacial score (nSPS) is 10.1. The maximum atomic E-state index is 10.4. The summed E-state index contributed by atoms with van der Waals surface area (Å²) in [5.41, 5.74) is 9.62. The number of nitrogens with zero attached hydrogens (tertiary/aromatic N) is 4. The highest BCUT2D eigenvalue weighted by atomic mass is 32.2. The van der Waals surface area contributed by atoms with Crippen LogP contribution in [0.25, 0.3) is 20.7 Å². The molecule has 2 rings (SSSR count). The molecular formula is C9H6N4O2S2. The van der Waals surface area contributed by atoms with Gasteiger partial charge in [-0.3, -0.25) is 4.79 Å². The molecule has 1 N–H and O–H groups in total. The fourth-order valence-electron chi connectivity index (χ4n) is 1.19. The Hall–Kier alpha value is -1.76. The average molecular weight is 266 g/mol. The molecular weight excluding hydrogens is 260 g/mol.